The topological polar surface area (TPSA) is 95.1 Å². The van der Waals surface area contributed by atoms with Crippen LogP contribution in [0.5, 0.6) is 0 Å². The van der Waals surface area contributed by atoms with Gasteiger partial charge in [0.15, 0.2) is 0 Å². The van der Waals surface area contributed by atoms with E-state index < -0.39 is 5.91 Å². The van der Waals surface area contributed by atoms with Gasteiger partial charge in [0.05, 0.1) is 0 Å². The van der Waals surface area contributed by atoms with E-state index in [-0.39, 0.29) is 6.04 Å². The molecule has 0 spiro atoms. The molecule has 0 aliphatic rings. The minimum atomic E-state index is -0.435. The molecule has 66 valence electrons. The molecular formula is C7H17N3O. The maximum absolute atomic E-state index is 9.82. The molecular weight excluding hydrogens is 142 g/mol. The molecule has 6 N–H and O–H groups in total. The zero-order valence-electron chi connectivity index (χ0n) is 7.13. The van der Waals surface area contributed by atoms with E-state index in [1.54, 1.807) is 6.92 Å². The Morgan fingerprint density at radius 2 is 1.82 bits per heavy atom. The zero-order chi connectivity index (χ0) is 9.44. The molecule has 0 bridgehead atoms. The maximum Gasteiger partial charge on any atom is 0.243 e. The van der Waals surface area contributed by atoms with Crippen LogP contribution >= 0.6 is 0 Å². The second-order valence-electron chi connectivity index (χ2n) is 2.36. The number of hydrogen-bond acceptors (Lipinski definition) is 3. The first-order valence-electron chi connectivity index (χ1n) is 3.32. The fraction of sp³-hybridized carbons (Fsp3) is 0.571. The molecule has 0 aromatic heterocycles. The predicted molar refractivity (Wildman–Crippen MR) is 46.7 cm³/mol. The van der Waals surface area contributed by atoms with Gasteiger partial charge in [0.1, 0.15) is 0 Å². The van der Waals surface area contributed by atoms with Crippen LogP contribution in [0.25, 0.3) is 0 Å². The molecule has 0 fully saturated rings. The van der Waals surface area contributed by atoms with Gasteiger partial charge in [0.25, 0.3) is 0 Å². The van der Waals surface area contributed by atoms with Gasteiger partial charge in [0.2, 0.25) is 5.91 Å². The van der Waals surface area contributed by atoms with Gasteiger partial charge in [-0.1, -0.05) is 6.58 Å². The summed E-state index contributed by atoms with van der Waals surface area (Å²) < 4.78 is 0. The van der Waals surface area contributed by atoms with Crippen LogP contribution in [-0.4, -0.2) is 18.5 Å². The van der Waals surface area contributed by atoms with E-state index in [0.29, 0.717) is 12.1 Å². The normalized spacial score (nSPS) is 10.9. The number of carbonyl (C=O) groups excluding carboxylic acids is 1. The van der Waals surface area contributed by atoms with Crippen molar-refractivity contribution in [2.75, 3.05) is 6.54 Å². The van der Waals surface area contributed by atoms with Gasteiger partial charge >= 0.3 is 0 Å². The summed E-state index contributed by atoms with van der Waals surface area (Å²) in [6.45, 7) is 7.31. The van der Waals surface area contributed by atoms with Crippen LogP contribution in [-0.2, 0) is 4.79 Å². The van der Waals surface area contributed by atoms with E-state index >= 15 is 0 Å². The molecule has 1 unspecified atom stereocenters. The Kier molecular flexibility index (Phi) is 8.41. The minimum absolute atomic E-state index is 0.162. The highest BCUT2D eigenvalue weighted by Crippen LogP contribution is 1.78. The second-order valence-corrected chi connectivity index (χ2v) is 2.36. The first-order chi connectivity index (χ1) is 4.91. The maximum atomic E-state index is 9.82. The van der Waals surface area contributed by atoms with Gasteiger partial charge in [-0.05, 0) is 13.8 Å². The third kappa shape index (κ3) is 17.6. The molecule has 4 nitrogen and oxygen atoms in total. The molecule has 0 heterocycles. The lowest BCUT2D eigenvalue weighted by atomic mass is 10.3. The molecule has 0 aliphatic heterocycles. The van der Waals surface area contributed by atoms with Crippen LogP contribution in [0.2, 0.25) is 0 Å². The summed E-state index contributed by atoms with van der Waals surface area (Å²) >= 11 is 0. The molecule has 0 aliphatic carbocycles. The first kappa shape index (κ1) is 12.8. The number of amides is 1. The summed E-state index contributed by atoms with van der Waals surface area (Å²) in [4.78, 5) is 9.82. The Labute approximate surface area is 67.4 Å². The van der Waals surface area contributed by atoms with Crippen molar-refractivity contribution in [3.8, 4) is 0 Å². The Bertz CT molecular complexity index is 120. The summed E-state index contributed by atoms with van der Waals surface area (Å²) in [7, 11) is 0. The summed E-state index contributed by atoms with van der Waals surface area (Å²) in [5, 5.41) is 0. The van der Waals surface area contributed by atoms with Crippen LogP contribution in [0.15, 0.2) is 12.2 Å². The van der Waals surface area contributed by atoms with Crippen molar-refractivity contribution in [2.24, 2.45) is 17.2 Å². The lowest BCUT2D eigenvalue weighted by Crippen LogP contribution is -2.25. The van der Waals surface area contributed by atoms with Crippen LogP contribution in [0, 0.1) is 0 Å². The third-order valence-corrected chi connectivity index (χ3v) is 0.792. The molecule has 11 heavy (non-hydrogen) atoms. The lowest BCUT2D eigenvalue weighted by molar-refractivity contribution is -0.114. The molecule has 0 aromatic carbocycles. The number of primary amides is 1. The van der Waals surface area contributed by atoms with Crippen molar-refractivity contribution >= 4 is 5.91 Å². The van der Waals surface area contributed by atoms with Crippen molar-refractivity contribution < 1.29 is 4.79 Å². The molecule has 4 heteroatoms. The van der Waals surface area contributed by atoms with Crippen molar-refractivity contribution in [2.45, 2.75) is 19.9 Å². The van der Waals surface area contributed by atoms with Crippen LogP contribution in [0.4, 0.5) is 0 Å². The van der Waals surface area contributed by atoms with Crippen molar-refractivity contribution in [1.82, 2.24) is 0 Å². The van der Waals surface area contributed by atoms with Crippen LogP contribution < -0.4 is 17.2 Å². The number of carbonyl (C=O) groups is 1. The summed E-state index contributed by atoms with van der Waals surface area (Å²) in [6, 6.07) is 0.162. The van der Waals surface area contributed by atoms with Gasteiger partial charge in [-0.15, -0.1) is 0 Å². The lowest BCUT2D eigenvalue weighted by Gasteiger charge is -1.92. The number of nitrogens with two attached hydrogens (primary N) is 3. The van der Waals surface area contributed by atoms with Gasteiger partial charge in [0, 0.05) is 18.2 Å². The average Bonchev–Trinajstić information content (AvgIpc) is 1.89. The Hall–Kier alpha value is -0.870. The Balaban J connectivity index is 0. The predicted octanol–water partition coefficient (Wildman–Crippen LogP) is -0.660. The van der Waals surface area contributed by atoms with Gasteiger partial charge in [-0.25, -0.2) is 0 Å². The summed E-state index contributed by atoms with van der Waals surface area (Å²) in [5.74, 6) is -0.435. The van der Waals surface area contributed by atoms with Crippen molar-refractivity contribution in [3.63, 3.8) is 0 Å². The highest BCUT2D eigenvalue weighted by molar-refractivity contribution is 5.90. The molecule has 1 atom stereocenters. The molecule has 0 saturated heterocycles. The van der Waals surface area contributed by atoms with E-state index in [1.165, 1.54) is 0 Å². The standard InChI is InChI=1S/C4H7NO.C3H10N2/c1-3(2)4(5)6;1-3(5)2-4/h1H2,2H3,(H2,5,6);3H,2,4-5H2,1H3. The number of hydrogen-bond donors (Lipinski definition) is 3. The van der Waals surface area contributed by atoms with Crippen LogP contribution in [0.3, 0.4) is 0 Å². The molecule has 0 rings (SSSR count). The smallest absolute Gasteiger partial charge is 0.243 e. The van der Waals surface area contributed by atoms with E-state index in [4.69, 9.17) is 17.2 Å². The zero-order valence-corrected chi connectivity index (χ0v) is 7.13. The van der Waals surface area contributed by atoms with Crippen molar-refractivity contribution in [1.29, 1.82) is 0 Å². The van der Waals surface area contributed by atoms with E-state index in [2.05, 4.69) is 6.58 Å². The fourth-order valence-corrected chi connectivity index (χ4v) is 0. The second kappa shape index (κ2) is 7.24. The van der Waals surface area contributed by atoms with E-state index in [1.807, 2.05) is 6.92 Å². The molecule has 0 saturated carbocycles. The molecule has 1 amide bonds. The number of rotatable bonds is 2. The fourth-order valence-electron chi connectivity index (χ4n) is 0. The monoisotopic (exact) mass is 159 g/mol. The highest BCUT2D eigenvalue weighted by Gasteiger charge is 1.86. The van der Waals surface area contributed by atoms with Crippen molar-refractivity contribution in [3.05, 3.63) is 12.2 Å². The largest absolute Gasteiger partial charge is 0.366 e. The molecule has 0 aromatic rings. The van der Waals surface area contributed by atoms with Gasteiger partial charge < -0.3 is 17.2 Å². The average molecular weight is 159 g/mol. The molecule has 0 radical (unpaired) electrons. The Morgan fingerprint density at radius 1 is 1.64 bits per heavy atom. The summed E-state index contributed by atoms with van der Waals surface area (Å²) in [5.41, 5.74) is 15.3. The van der Waals surface area contributed by atoms with Crippen LogP contribution in [0.1, 0.15) is 13.8 Å². The quantitative estimate of drug-likeness (QED) is 0.467. The minimum Gasteiger partial charge on any atom is -0.366 e. The first-order valence-corrected chi connectivity index (χ1v) is 3.32. The highest BCUT2D eigenvalue weighted by atomic mass is 16.1. The van der Waals surface area contributed by atoms with E-state index in [0.717, 1.165) is 0 Å². The SMILES string of the molecule is C=C(C)C(N)=O.CC(N)CN. The van der Waals surface area contributed by atoms with Gasteiger partial charge in [-0.3, -0.25) is 4.79 Å². The summed E-state index contributed by atoms with van der Waals surface area (Å²) in [6.07, 6.45) is 0. The van der Waals surface area contributed by atoms with Gasteiger partial charge in [-0.2, -0.15) is 0 Å². The Morgan fingerprint density at radius 3 is 1.82 bits per heavy atom. The third-order valence-electron chi connectivity index (χ3n) is 0.792. The van der Waals surface area contributed by atoms with E-state index in [9.17, 15) is 4.79 Å².